The average Bonchev–Trinajstić information content (AvgIpc) is 2.89. The Kier molecular flexibility index (Phi) is 4.93. The van der Waals surface area contributed by atoms with Gasteiger partial charge in [0.1, 0.15) is 12.3 Å². The van der Waals surface area contributed by atoms with E-state index in [1.807, 2.05) is 0 Å². The molecule has 23 heavy (non-hydrogen) atoms. The number of hydrogen-bond acceptors (Lipinski definition) is 4. The number of carbonyl (C=O) groups excluding carboxylic acids is 1. The number of carbonyl (C=O) groups is 1. The molecule has 0 aliphatic carbocycles. The maximum Gasteiger partial charge on any atom is 0.406 e. The van der Waals surface area contributed by atoms with E-state index in [1.165, 1.54) is 13.0 Å². The molecule has 2 aromatic rings. The number of aryl methyl sites for hydroxylation is 3. The van der Waals surface area contributed by atoms with Crippen molar-refractivity contribution in [2.45, 2.75) is 45.6 Å². The highest BCUT2D eigenvalue weighted by atomic mass is 32.2. The molecule has 0 saturated heterocycles. The second-order valence-corrected chi connectivity index (χ2v) is 6.25. The maximum atomic E-state index is 12.6. The zero-order valence-electron chi connectivity index (χ0n) is 13.2. The molecule has 126 valence electrons. The van der Waals surface area contributed by atoms with Gasteiger partial charge in [0, 0.05) is 17.0 Å². The Hall–Kier alpha value is -1.70. The Morgan fingerprint density at radius 1 is 1.30 bits per heavy atom. The van der Waals surface area contributed by atoms with Gasteiger partial charge in [0.15, 0.2) is 5.78 Å². The Labute approximate surface area is 136 Å². The fourth-order valence-electron chi connectivity index (χ4n) is 2.22. The van der Waals surface area contributed by atoms with Crippen molar-refractivity contribution >= 4 is 17.5 Å². The van der Waals surface area contributed by atoms with Gasteiger partial charge in [0.05, 0.1) is 11.4 Å². The van der Waals surface area contributed by atoms with Gasteiger partial charge in [-0.15, -0.1) is 0 Å². The molecule has 0 N–H and O–H groups in total. The SMILES string of the molecule is Cc1nc(SCC(=O)c2cc(C)n(CC(F)(F)F)c2C)oc1C. The van der Waals surface area contributed by atoms with Crippen LogP contribution in [0.5, 0.6) is 0 Å². The number of nitrogens with zero attached hydrogens (tertiary/aromatic N) is 2. The highest BCUT2D eigenvalue weighted by Gasteiger charge is 2.30. The van der Waals surface area contributed by atoms with Crippen LogP contribution in [0.25, 0.3) is 0 Å². The van der Waals surface area contributed by atoms with E-state index in [0.29, 0.717) is 27.9 Å². The molecule has 8 heteroatoms. The highest BCUT2D eigenvalue weighted by molar-refractivity contribution is 7.99. The van der Waals surface area contributed by atoms with E-state index in [1.54, 1.807) is 20.8 Å². The van der Waals surface area contributed by atoms with E-state index in [9.17, 15) is 18.0 Å². The number of Topliss-reactive ketones (excluding diaryl/α,β-unsaturated/α-hetero) is 1. The lowest BCUT2D eigenvalue weighted by Gasteiger charge is -2.12. The largest absolute Gasteiger partial charge is 0.437 e. The standard InChI is InChI=1S/C15H17F3N2O2S/c1-8-5-12(10(3)20(8)7-15(16,17)18)13(21)6-23-14-19-9(2)11(4)22-14/h5H,6-7H2,1-4H3. The molecule has 0 atom stereocenters. The molecule has 0 spiro atoms. The number of oxazole rings is 1. The van der Waals surface area contributed by atoms with Crippen LogP contribution in [0, 0.1) is 27.7 Å². The highest BCUT2D eigenvalue weighted by Crippen LogP contribution is 2.25. The lowest BCUT2D eigenvalue weighted by atomic mass is 10.2. The van der Waals surface area contributed by atoms with Crippen LogP contribution in [0.3, 0.4) is 0 Å². The summed E-state index contributed by atoms with van der Waals surface area (Å²) >= 11 is 1.14. The van der Waals surface area contributed by atoms with Gasteiger partial charge in [0.25, 0.3) is 5.22 Å². The smallest absolute Gasteiger partial charge is 0.406 e. The molecule has 0 amide bonds. The number of halogens is 3. The second kappa shape index (κ2) is 6.43. The first-order valence-corrected chi connectivity index (χ1v) is 7.90. The van der Waals surface area contributed by atoms with Crippen molar-refractivity contribution in [1.82, 2.24) is 9.55 Å². The molecule has 4 nitrogen and oxygen atoms in total. The van der Waals surface area contributed by atoms with E-state index >= 15 is 0 Å². The van der Waals surface area contributed by atoms with Crippen molar-refractivity contribution in [1.29, 1.82) is 0 Å². The number of ketones is 1. The lowest BCUT2D eigenvalue weighted by Crippen LogP contribution is -2.19. The van der Waals surface area contributed by atoms with Gasteiger partial charge in [-0.1, -0.05) is 11.8 Å². The average molecular weight is 346 g/mol. The summed E-state index contributed by atoms with van der Waals surface area (Å²) < 4.78 is 44.3. The number of thioether (sulfide) groups is 1. The van der Waals surface area contributed by atoms with Crippen LogP contribution in [0.15, 0.2) is 15.7 Å². The van der Waals surface area contributed by atoms with Crippen molar-refractivity contribution in [2.24, 2.45) is 0 Å². The van der Waals surface area contributed by atoms with Gasteiger partial charge >= 0.3 is 6.18 Å². The summed E-state index contributed by atoms with van der Waals surface area (Å²) in [6, 6.07) is 1.50. The molecule has 0 aromatic carbocycles. The fraction of sp³-hybridized carbons (Fsp3) is 0.467. The predicted octanol–water partition coefficient (Wildman–Crippen LogP) is 4.25. The van der Waals surface area contributed by atoms with Crippen LogP contribution < -0.4 is 0 Å². The van der Waals surface area contributed by atoms with Gasteiger partial charge in [-0.05, 0) is 33.8 Å². The summed E-state index contributed by atoms with van der Waals surface area (Å²) in [6.45, 7) is 5.57. The minimum absolute atomic E-state index is 0.0652. The predicted molar refractivity (Wildman–Crippen MR) is 81.0 cm³/mol. The van der Waals surface area contributed by atoms with Crippen LogP contribution >= 0.6 is 11.8 Å². The van der Waals surface area contributed by atoms with E-state index in [4.69, 9.17) is 4.42 Å². The first-order chi connectivity index (χ1) is 10.6. The van der Waals surface area contributed by atoms with Crippen molar-refractivity contribution in [3.8, 4) is 0 Å². The minimum Gasteiger partial charge on any atom is -0.437 e. The topological polar surface area (TPSA) is 48.0 Å². The monoisotopic (exact) mass is 346 g/mol. The molecule has 0 saturated carbocycles. The molecular weight excluding hydrogens is 329 g/mol. The summed E-state index contributed by atoms with van der Waals surface area (Å²) in [7, 11) is 0. The van der Waals surface area contributed by atoms with Crippen LogP contribution in [0.2, 0.25) is 0 Å². The molecule has 0 radical (unpaired) electrons. The summed E-state index contributed by atoms with van der Waals surface area (Å²) in [5.41, 5.74) is 1.80. The molecule has 0 fully saturated rings. The van der Waals surface area contributed by atoms with Crippen LogP contribution in [-0.4, -0.2) is 27.3 Å². The van der Waals surface area contributed by atoms with Gasteiger partial charge in [0.2, 0.25) is 0 Å². The number of rotatable bonds is 5. The number of alkyl halides is 3. The molecular formula is C15H17F3N2O2S. The lowest BCUT2D eigenvalue weighted by molar-refractivity contribution is -0.141. The second-order valence-electron chi connectivity index (χ2n) is 5.32. The summed E-state index contributed by atoms with van der Waals surface area (Å²) in [4.78, 5) is 16.4. The van der Waals surface area contributed by atoms with Crippen molar-refractivity contribution in [2.75, 3.05) is 5.75 Å². The van der Waals surface area contributed by atoms with Gasteiger partial charge in [-0.25, -0.2) is 4.98 Å². The van der Waals surface area contributed by atoms with E-state index in [0.717, 1.165) is 22.0 Å². The normalized spacial score (nSPS) is 12.0. The summed E-state index contributed by atoms with van der Waals surface area (Å²) in [5, 5.41) is 0.387. The van der Waals surface area contributed by atoms with E-state index < -0.39 is 12.7 Å². The Balaban J connectivity index is 2.12. The maximum absolute atomic E-state index is 12.6. The fourth-order valence-corrected chi connectivity index (χ4v) is 3.01. The number of aromatic nitrogens is 2. The van der Waals surface area contributed by atoms with Crippen LogP contribution in [0.4, 0.5) is 13.2 Å². The molecule has 2 aromatic heterocycles. The zero-order valence-corrected chi connectivity index (χ0v) is 14.1. The first kappa shape index (κ1) is 17.7. The Bertz CT molecular complexity index is 712. The molecule has 0 aliphatic heterocycles. The molecule has 2 rings (SSSR count). The minimum atomic E-state index is -4.32. The summed E-state index contributed by atoms with van der Waals surface area (Å²) in [5.74, 6) is 0.503. The van der Waals surface area contributed by atoms with Crippen LogP contribution in [-0.2, 0) is 6.54 Å². The third-order valence-corrected chi connectivity index (χ3v) is 4.38. The molecule has 0 bridgehead atoms. The van der Waals surface area contributed by atoms with Crippen molar-refractivity contribution in [3.63, 3.8) is 0 Å². The third-order valence-electron chi connectivity index (χ3n) is 3.55. The first-order valence-electron chi connectivity index (χ1n) is 6.92. The van der Waals surface area contributed by atoms with Gasteiger partial charge in [-0.2, -0.15) is 13.2 Å². The Morgan fingerprint density at radius 2 is 1.96 bits per heavy atom. The molecule has 0 unspecified atom stereocenters. The van der Waals surface area contributed by atoms with E-state index in [-0.39, 0.29) is 11.5 Å². The summed E-state index contributed by atoms with van der Waals surface area (Å²) in [6.07, 6.45) is -4.32. The Morgan fingerprint density at radius 3 is 2.48 bits per heavy atom. The van der Waals surface area contributed by atoms with Gasteiger partial charge in [-0.3, -0.25) is 4.79 Å². The van der Waals surface area contributed by atoms with Crippen molar-refractivity contribution < 1.29 is 22.4 Å². The van der Waals surface area contributed by atoms with Gasteiger partial charge < -0.3 is 8.98 Å². The quantitative estimate of drug-likeness (QED) is 0.600. The number of hydrogen-bond donors (Lipinski definition) is 0. The van der Waals surface area contributed by atoms with E-state index in [2.05, 4.69) is 4.98 Å². The van der Waals surface area contributed by atoms with Crippen molar-refractivity contribution in [3.05, 3.63) is 34.5 Å². The third kappa shape index (κ3) is 4.19. The van der Waals surface area contributed by atoms with Crippen LogP contribution in [0.1, 0.15) is 33.2 Å². The molecule has 0 aliphatic rings. The molecule has 2 heterocycles. The zero-order chi connectivity index (χ0) is 17.4.